The molecule has 2 heterocycles. The summed E-state index contributed by atoms with van der Waals surface area (Å²) in [7, 11) is 1.61. The lowest BCUT2D eigenvalue weighted by molar-refractivity contribution is 0.0909. The first kappa shape index (κ1) is 35.3. The number of benzene rings is 2. The maximum atomic E-state index is 13.0. The van der Waals surface area contributed by atoms with Gasteiger partial charge in [-0.25, -0.2) is 4.39 Å². The number of nitrogens with zero attached hydrogens (tertiary/aromatic N) is 2. The molecule has 262 valence electrons. The highest BCUT2D eigenvalue weighted by Gasteiger charge is 2.22. The topological polar surface area (TPSA) is 112 Å². The number of carbonyl (C=O) groups excluding carboxylic acids is 2. The molecule has 4 aromatic rings. The number of halogens is 1. The molecule has 49 heavy (non-hydrogen) atoms. The van der Waals surface area contributed by atoms with Crippen molar-refractivity contribution in [3.63, 3.8) is 0 Å². The van der Waals surface area contributed by atoms with E-state index in [4.69, 9.17) is 14.2 Å². The van der Waals surface area contributed by atoms with Gasteiger partial charge in [0.15, 0.2) is 11.5 Å². The molecule has 2 fully saturated rings. The van der Waals surface area contributed by atoms with Crippen molar-refractivity contribution < 1.29 is 31.0 Å². The number of aromatic nitrogens is 2. The number of methoxy groups -OCH3 is 1. The maximum Gasteiger partial charge on any atom is 0.253 e. The highest BCUT2D eigenvalue weighted by molar-refractivity contribution is 5.94. The Bertz CT molecular complexity index is 1650. The zero-order valence-electron chi connectivity index (χ0n) is 28.2. The molecule has 0 radical (unpaired) electrons. The summed E-state index contributed by atoms with van der Waals surface area (Å²) in [4.78, 5) is 33.0. The molecule has 2 saturated carbocycles. The third-order valence-corrected chi connectivity index (χ3v) is 8.96. The second-order valence-electron chi connectivity index (χ2n) is 12.5. The van der Waals surface area contributed by atoms with Gasteiger partial charge in [-0.2, -0.15) is 0 Å². The Morgan fingerprint density at radius 2 is 1.45 bits per heavy atom. The first-order chi connectivity index (χ1) is 23.9. The van der Waals surface area contributed by atoms with Crippen molar-refractivity contribution in [3.05, 3.63) is 114 Å². The van der Waals surface area contributed by atoms with Crippen LogP contribution in [0.25, 0.3) is 0 Å². The maximum absolute atomic E-state index is 13.0. The van der Waals surface area contributed by atoms with Gasteiger partial charge in [-0.05, 0) is 93.5 Å². The van der Waals surface area contributed by atoms with Crippen LogP contribution in [0.4, 0.5) is 4.39 Å². The third-order valence-electron chi connectivity index (χ3n) is 8.96. The molecule has 0 unspecified atom stereocenters. The Labute approximate surface area is 290 Å². The van der Waals surface area contributed by atoms with Crippen LogP contribution in [-0.4, -0.2) is 41.0 Å². The smallest absolute Gasteiger partial charge is 0.253 e. The van der Waals surface area contributed by atoms with Gasteiger partial charge in [0.2, 0.25) is 0 Å². The van der Waals surface area contributed by atoms with Gasteiger partial charge in [0.25, 0.3) is 11.8 Å². The van der Waals surface area contributed by atoms with E-state index in [2.05, 4.69) is 27.5 Å². The summed E-state index contributed by atoms with van der Waals surface area (Å²) in [5, 5.41) is 6.10. The standard InChI is InChI=1S/C22H28N2O3.C17H17FN2O2.2H2/c1-16(17-8-4-3-5-9-17)24-22(25)18-12-13-19(23-14-18)15-27-21-11-7-6-10-20(21)26-2;18-13-3-1-6-16(9-13)22-11-15-8-7-12(10-19-15)17(21)20-14-4-2-5-14;;/h6-7,10-14,16-17H,3-5,8-9,15H2,1-2H3,(H,24,25);1,3,6-10,14H,2,4-5,11H2,(H,20,21);2*1H/t16-;;;/m1.../s1. The summed E-state index contributed by atoms with van der Waals surface area (Å²) in [6.07, 6.45) is 12.7. The Balaban J connectivity index is 0.000000270. The third kappa shape index (κ3) is 10.8. The summed E-state index contributed by atoms with van der Waals surface area (Å²) in [5.41, 5.74) is 2.57. The van der Waals surface area contributed by atoms with Crippen LogP contribution in [0.2, 0.25) is 0 Å². The van der Waals surface area contributed by atoms with Crippen molar-refractivity contribution in [2.24, 2.45) is 5.92 Å². The van der Waals surface area contributed by atoms with E-state index in [1.54, 1.807) is 43.6 Å². The SMILES string of the molecule is COc1ccccc1OCc1ccc(C(=O)N[C@H](C)C2CCCCC2)cn1.O=C(NC1CCC1)c1ccc(COc2cccc(F)c2)nc1.[HH].[HH]. The van der Waals surface area contributed by atoms with Crippen LogP contribution in [0.3, 0.4) is 0 Å². The molecule has 0 spiro atoms. The van der Waals surface area contributed by atoms with Crippen molar-refractivity contribution in [2.45, 2.75) is 83.6 Å². The highest BCUT2D eigenvalue weighted by Crippen LogP contribution is 2.27. The van der Waals surface area contributed by atoms with E-state index in [1.165, 1.54) is 56.9 Å². The second-order valence-corrected chi connectivity index (χ2v) is 12.5. The number of amides is 2. The number of carbonyl (C=O) groups is 2. The van der Waals surface area contributed by atoms with Gasteiger partial charge < -0.3 is 24.8 Å². The summed E-state index contributed by atoms with van der Waals surface area (Å²) < 4.78 is 29.5. The fraction of sp³-hybridized carbons (Fsp3) is 0.385. The molecule has 0 bridgehead atoms. The van der Waals surface area contributed by atoms with Crippen LogP contribution in [-0.2, 0) is 13.2 Å². The minimum absolute atomic E-state index is 0. The van der Waals surface area contributed by atoms with Gasteiger partial charge in [0, 0.05) is 33.4 Å². The summed E-state index contributed by atoms with van der Waals surface area (Å²) in [5.74, 6) is 1.91. The van der Waals surface area contributed by atoms with Crippen LogP contribution in [0.5, 0.6) is 17.2 Å². The predicted octanol–water partition coefficient (Wildman–Crippen LogP) is 7.94. The summed E-state index contributed by atoms with van der Waals surface area (Å²) in [6.45, 7) is 2.66. The average molecular weight is 673 g/mol. The molecule has 2 aromatic carbocycles. The molecule has 0 aliphatic heterocycles. The first-order valence-electron chi connectivity index (χ1n) is 17.0. The lowest BCUT2D eigenvalue weighted by atomic mass is 9.84. The predicted molar refractivity (Wildman–Crippen MR) is 189 cm³/mol. The number of hydrogen-bond acceptors (Lipinski definition) is 7. The number of nitrogens with one attached hydrogen (secondary N) is 2. The zero-order valence-corrected chi connectivity index (χ0v) is 28.2. The van der Waals surface area contributed by atoms with E-state index < -0.39 is 0 Å². The molecule has 9 nitrogen and oxygen atoms in total. The number of ether oxygens (including phenoxy) is 3. The average Bonchev–Trinajstić information content (AvgIpc) is 3.12. The molecule has 6 rings (SSSR count). The quantitative estimate of drug-likeness (QED) is 0.157. The van der Waals surface area contributed by atoms with E-state index >= 15 is 0 Å². The highest BCUT2D eigenvalue weighted by atomic mass is 19.1. The Hall–Kier alpha value is -4.99. The van der Waals surface area contributed by atoms with Crippen LogP contribution in [0, 0.1) is 11.7 Å². The number of para-hydroxylation sites is 2. The van der Waals surface area contributed by atoms with Crippen molar-refractivity contribution in [1.29, 1.82) is 0 Å². The van der Waals surface area contributed by atoms with E-state index in [0.717, 1.165) is 18.5 Å². The molecule has 10 heteroatoms. The fourth-order valence-corrected chi connectivity index (χ4v) is 5.76. The van der Waals surface area contributed by atoms with Crippen LogP contribution < -0.4 is 24.8 Å². The lowest BCUT2D eigenvalue weighted by Crippen LogP contribution is -2.39. The number of pyridine rings is 2. The molecule has 2 aliphatic carbocycles. The molecule has 1 atom stereocenters. The van der Waals surface area contributed by atoms with E-state index in [0.29, 0.717) is 52.6 Å². The molecule has 0 saturated heterocycles. The molecular formula is C39H49FN4O5. The Morgan fingerprint density at radius 3 is 2.04 bits per heavy atom. The number of hydrogen-bond donors (Lipinski definition) is 2. The van der Waals surface area contributed by atoms with Crippen molar-refractivity contribution in [2.75, 3.05) is 7.11 Å². The molecular weight excluding hydrogens is 623 g/mol. The fourth-order valence-electron chi connectivity index (χ4n) is 5.76. The van der Waals surface area contributed by atoms with Crippen LogP contribution >= 0.6 is 0 Å². The molecule has 2 amide bonds. The normalized spacial score (nSPS) is 15.1. The minimum atomic E-state index is -0.339. The van der Waals surface area contributed by atoms with Crippen LogP contribution in [0.15, 0.2) is 85.2 Å². The lowest BCUT2D eigenvalue weighted by Gasteiger charge is -2.28. The molecule has 2 aromatic heterocycles. The van der Waals surface area contributed by atoms with Gasteiger partial charge in [0.1, 0.15) is 24.8 Å². The number of rotatable bonds is 12. The monoisotopic (exact) mass is 672 g/mol. The van der Waals surface area contributed by atoms with Crippen LogP contribution in [0.1, 0.15) is 93.2 Å². The zero-order chi connectivity index (χ0) is 34.4. The first-order valence-corrected chi connectivity index (χ1v) is 17.0. The second kappa shape index (κ2) is 18.0. The van der Waals surface area contributed by atoms with Gasteiger partial charge in [-0.15, -0.1) is 0 Å². The van der Waals surface area contributed by atoms with Crippen molar-refractivity contribution in [1.82, 2.24) is 20.6 Å². The summed E-state index contributed by atoms with van der Waals surface area (Å²) in [6, 6.07) is 21.1. The van der Waals surface area contributed by atoms with Crippen molar-refractivity contribution >= 4 is 11.8 Å². The van der Waals surface area contributed by atoms with Gasteiger partial charge in [-0.1, -0.05) is 37.5 Å². The van der Waals surface area contributed by atoms with E-state index in [9.17, 15) is 14.0 Å². The van der Waals surface area contributed by atoms with Gasteiger partial charge in [0.05, 0.1) is 29.6 Å². The van der Waals surface area contributed by atoms with E-state index in [-0.39, 0.29) is 33.1 Å². The molecule has 2 N–H and O–H groups in total. The Morgan fingerprint density at radius 1 is 0.796 bits per heavy atom. The minimum Gasteiger partial charge on any atom is -0.493 e. The van der Waals surface area contributed by atoms with E-state index in [1.807, 2.05) is 30.3 Å². The van der Waals surface area contributed by atoms with Gasteiger partial charge >= 0.3 is 0 Å². The van der Waals surface area contributed by atoms with Gasteiger partial charge in [-0.3, -0.25) is 19.6 Å². The largest absolute Gasteiger partial charge is 0.493 e. The summed E-state index contributed by atoms with van der Waals surface area (Å²) >= 11 is 0. The van der Waals surface area contributed by atoms with Crippen molar-refractivity contribution in [3.8, 4) is 17.2 Å². The Kier molecular flexibility index (Phi) is 12.9. The molecule has 2 aliphatic rings.